The van der Waals surface area contributed by atoms with Crippen LogP contribution in [0.1, 0.15) is 67.4 Å². The number of likely N-dealkylation sites (N-methyl/N-ethyl adjacent to an activating group) is 1. The normalized spacial score (nSPS) is 16.6. The second-order valence-electron chi connectivity index (χ2n) is 10.8. The third kappa shape index (κ3) is 6.18. The smallest absolute Gasteiger partial charge is 0.255 e. The number of piperidine rings is 1. The molecular formula is C32H35N5O2. The highest BCUT2D eigenvalue weighted by Gasteiger charge is 2.25. The highest BCUT2D eigenvalue weighted by atomic mass is 16.2. The first kappa shape index (κ1) is 26.6. The van der Waals surface area contributed by atoms with Crippen LogP contribution in [0.25, 0.3) is 0 Å². The molecule has 0 saturated carbocycles. The summed E-state index contributed by atoms with van der Waals surface area (Å²) in [6.07, 6.45) is 4.12. The fraction of sp³-hybridized carbons (Fsp3) is 0.375. The highest BCUT2D eigenvalue weighted by Crippen LogP contribution is 2.29. The lowest BCUT2D eigenvalue weighted by atomic mass is 9.88. The molecule has 3 heterocycles. The molecular weight excluding hydrogens is 486 g/mol. The zero-order chi connectivity index (χ0) is 27.4. The van der Waals surface area contributed by atoms with Crippen LogP contribution in [-0.4, -0.2) is 77.8 Å². The third-order valence-corrected chi connectivity index (χ3v) is 8.12. The Balaban J connectivity index is 1.20. The summed E-state index contributed by atoms with van der Waals surface area (Å²) in [5.41, 5.74) is 6.29. The number of likely N-dealkylation sites (tertiary alicyclic amines) is 1. The number of hydrogen-bond acceptors (Lipinski definition) is 5. The lowest BCUT2D eigenvalue weighted by Gasteiger charge is -2.32. The Morgan fingerprint density at radius 1 is 0.872 bits per heavy atom. The summed E-state index contributed by atoms with van der Waals surface area (Å²) in [5, 5.41) is 9.03. The number of aryl methyl sites for hydroxylation is 1. The van der Waals surface area contributed by atoms with Crippen molar-refractivity contribution in [1.82, 2.24) is 19.7 Å². The molecule has 0 unspecified atom stereocenters. The molecule has 2 aliphatic rings. The van der Waals surface area contributed by atoms with Gasteiger partial charge in [0.2, 0.25) is 0 Å². The van der Waals surface area contributed by atoms with Gasteiger partial charge >= 0.3 is 0 Å². The number of pyridine rings is 1. The molecule has 1 aromatic heterocycles. The van der Waals surface area contributed by atoms with Gasteiger partial charge in [-0.1, -0.05) is 18.2 Å². The van der Waals surface area contributed by atoms with Gasteiger partial charge in [-0.15, -0.1) is 0 Å². The van der Waals surface area contributed by atoms with E-state index < -0.39 is 0 Å². The van der Waals surface area contributed by atoms with Crippen LogP contribution in [0.3, 0.4) is 0 Å². The number of carbonyl (C=O) groups is 2. The average Bonchev–Trinajstić information content (AvgIpc) is 2.98. The summed E-state index contributed by atoms with van der Waals surface area (Å²) in [6, 6.07) is 19.7. The zero-order valence-electron chi connectivity index (χ0n) is 22.8. The highest BCUT2D eigenvalue weighted by molar-refractivity contribution is 5.95. The predicted octanol–water partition coefficient (Wildman–Crippen LogP) is 4.26. The lowest BCUT2D eigenvalue weighted by Crippen LogP contribution is -2.47. The van der Waals surface area contributed by atoms with Gasteiger partial charge in [0.25, 0.3) is 11.8 Å². The molecule has 7 heteroatoms. The summed E-state index contributed by atoms with van der Waals surface area (Å²) in [6.45, 7) is 6.75. The van der Waals surface area contributed by atoms with E-state index >= 15 is 0 Å². The van der Waals surface area contributed by atoms with E-state index in [0.29, 0.717) is 29.0 Å². The van der Waals surface area contributed by atoms with Gasteiger partial charge in [0.1, 0.15) is 0 Å². The SMILES string of the molecule is Cc1ccc(C(=O)N2CCC(c3ccc(C#N)cc3)CC2)cc1Cc1ccc(C(=O)N2CCN(C)CC2)cn1. The van der Waals surface area contributed by atoms with Crippen LogP contribution in [0, 0.1) is 18.3 Å². The van der Waals surface area contributed by atoms with Crippen molar-refractivity contribution >= 4 is 11.8 Å². The van der Waals surface area contributed by atoms with E-state index in [4.69, 9.17) is 5.26 Å². The number of nitriles is 1. The molecule has 0 radical (unpaired) electrons. The first-order chi connectivity index (χ1) is 18.9. The predicted molar refractivity (Wildman–Crippen MR) is 151 cm³/mol. The monoisotopic (exact) mass is 521 g/mol. The van der Waals surface area contributed by atoms with Crippen molar-refractivity contribution in [2.75, 3.05) is 46.3 Å². The van der Waals surface area contributed by atoms with Crippen LogP contribution < -0.4 is 0 Å². The first-order valence-corrected chi connectivity index (χ1v) is 13.7. The number of benzene rings is 2. The molecule has 0 spiro atoms. The topological polar surface area (TPSA) is 80.5 Å². The van der Waals surface area contributed by atoms with E-state index in [1.54, 1.807) is 6.20 Å². The number of hydrogen-bond donors (Lipinski definition) is 0. The minimum absolute atomic E-state index is 0.0360. The second-order valence-corrected chi connectivity index (χ2v) is 10.8. The molecule has 2 aromatic carbocycles. The molecule has 5 rings (SSSR count). The quantitative estimate of drug-likeness (QED) is 0.501. The number of aromatic nitrogens is 1. The van der Waals surface area contributed by atoms with Crippen molar-refractivity contribution in [1.29, 1.82) is 5.26 Å². The summed E-state index contributed by atoms with van der Waals surface area (Å²) >= 11 is 0. The van der Waals surface area contributed by atoms with Gasteiger partial charge in [-0.3, -0.25) is 14.6 Å². The summed E-state index contributed by atoms with van der Waals surface area (Å²) < 4.78 is 0. The molecule has 0 atom stereocenters. The summed E-state index contributed by atoms with van der Waals surface area (Å²) in [7, 11) is 2.07. The standard InChI is InChI=1S/C32H35N5O2/c1-23-3-6-27(31(38)36-13-11-26(12-14-36)25-7-4-24(21-33)5-8-25)19-29(23)20-30-10-9-28(22-34-30)32(39)37-17-15-35(2)16-18-37/h3-10,19,22,26H,11-18,20H2,1-2H3. The minimum atomic E-state index is 0.0360. The molecule has 0 N–H and O–H groups in total. The van der Waals surface area contributed by atoms with Gasteiger partial charge in [-0.05, 0) is 85.8 Å². The number of amides is 2. The minimum Gasteiger partial charge on any atom is -0.339 e. The Kier molecular flexibility index (Phi) is 8.04. The van der Waals surface area contributed by atoms with Crippen molar-refractivity contribution in [2.45, 2.75) is 32.1 Å². The van der Waals surface area contributed by atoms with E-state index in [1.165, 1.54) is 5.56 Å². The molecule has 2 amide bonds. The third-order valence-electron chi connectivity index (χ3n) is 8.12. The van der Waals surface area contributed by atoms with Crippen molar-refractivity contribution in [3.63, 3.8) is 0 Å². The van der Waals surface area contributed by atoms with E-state index in [1.807, 2.05) is 64.4 Å². The number of rotatable bonds is 5. The van der Waals surface area contributed by atoms with Gasteiger partial charge in [0.15, 0.2) is 0 Å². The fourth-order valence-corrected chi connectivity index (χ4v) is 5.47. The van der Waals surface area contributed by atoms with E-state index in [2.05, 4.69) is 29.9 Å². The Morgan fingerprint density at radius 3 is 2.15 bits per heavy atom. The molecule has 3 aromatic rings. The molecule has 0 bridgehead atoms. The number of nitrogens with zero attached hydrogens (tertiary/aromatic N) is 5. The Labute approximate surface area is 230 Å². The van der Waals surface area contributed by atoms with E-state index in [0.717, 1.165) is 68.9 Å². The molecule has 0 aliphatic carbocycles. The van der Waals surface area contributed by atoms with Crippen LogP contribution in [0.4, 0.5) is 0 Å². The number of carbonyl (C=O) groups excluding carboxylic acids is 2. The van der Waals surface area contributed by atoms with Crippen LogP contribution in [0.2, 0.25) is 0 Å². The van der Waals surface area contributed by atoms with Crippen molar-refractivity contribution in [3.8, 4) is 6.07 Å². The maximum Gasteiger partial charge on any atom is 0.255 e. The lowest BCUT2D eigenvalue weighted by molar-refractivity contribution is 0.0662. The molecule has 200 valence electrons. The fourth-order valence-electron chi connectivity index (χ4n) is 5.47. The van der Waals surface area contributed by atoms with Crippen LogP contribution >= 0.6 is 0 Å². The van der Waals surface area contributed by atoms with Gasteiger partial charge in [-0.2, -0.15) is 5.26 Å². The molecule has 39 heavy (non-hydrogen) atoms. The number of piperazine rings is 1. The van der Waals surface area contributed by atoms with Gasteiger partial charge in [0.05, 0.1) is 17.2 Å². The van der Waals surface area contributed by atoms with Gasteiger partial charge in [0, 0.05) is 63.1 Å². The average molecular weight is 522 g/mol. The van der Waals surface area contributed by atoms with Crippen molar-refractivity contribution in [3.05, 3.63) is 99.9 Å². The maximum atomic E-state index is 13.4. The largest absolute Gasteiger partial charge is 0.339 e. The second kappa shape index (κ2) is 11.8. The van der Waals surface area contributed by atoms with Crippen molar-refractivity contribution in [2.24, 2.45) is 0 Å². The Morgan fingerprint density at radius 2 is 1.51 bits per heavy atom. The van der Waals surface area contributed by atoms with Crippen LogP contribution in [0.15, 0.2) is 60.8 Å². The van der Waals surface area contributed by atoms with Gasteiger partial charge in [-0.25, -0.2) is 0 Å². The van der Waals surface area contributed by atoms with Crippen LogP contribution in [0.5, 0.6) is 0 Å². The Bertz CT molecular complexity index is 1360. The first-order valence-electron chi connectivity index (χ1n) is 13.7. The zero-order valence-corrected chi connectivity index (χ0v) is 22.8. The summed E-state index contributed by atoms with van der Waals surface area (Å²) in [5.74, 6) is 0.511. The van der Waals surface area contributed by atoms with Crippen molar-refractivity contribution < 1.29 is 9.59 Å². The molecule has 2 fully saturated rings. The van der Waals surface area contributed by atoms with E-state index in [-0.39, 0.29) is 11.8 Å². The molecule has 7 nitrogen and oxygen atoms in total. The molecule has 2 aliphatic heterocycles. The summed E-state index contributed by atoms with van der Waals surface area (Å²) in [4.78, 5) is 36.9. The Hall–Kier alpha value is -4.02. The maximum absolute atomic E-state index is 13.4. The molecule has 2 saturated heterocycles. The van der Waals surface area contributed by atoms with Crippen LogP contribution in [-0.2, 0) is 6.42 Å². The van der Waals surface area contributed by atoms with Gasteiger partial charge < -0.3 is 14.7 Å². The van der Waals surface area contributed by atoms with E-state index in [9.17, 15) is 9.59 Å².